The highest BCUT2D eigenvalue weighted by Crippen LogP contribution is 2.55. The minimum absolute atomic E-state index is 0.0588. The van der Waals surface area contributed by atoms with Crippen molar-refractivity contribution < 1.29 is 19.4 Å². The van der Waals surface area contributed by atoms with Crippen LogP contribution in [0, 0.1) is 17.3 Å². The van der Waals surface area contributed by atoms with Crippen LogP contribution in [0.4, 0.5) is 0 Å². The molecule has 190 valence electrons. The van der Waals surface area contributed by atoms with Crippen molar-refractivity contribution in [3.8, 4) is 0 Å². The zero-order valence-corrected chi connectivity index (χ0v) is 24.6. The van der Waals surface area contributed by atoms with Crippen molar-refractivity contribution in [3.63, 3.8) is 0 Å². The molecule has 2 rings (SSSR count). The molecule has 0 saturated heterocycles. The van der Waals surface area contributed by atoms with Crippen LogP contribution in [0.2, 0.25) is 42.3 Å². The standard InChI is InChI=1S/C26H54O4Si2/c1-19(2)32(20(3)4,21(5)6)30-23-12-13-26(18-29-14-15-31(7,8)9)22(16-23)10-11-25(28)24(26)17-27/h19-25,27-28H,10-18H2,1-9H3/t22-,23-,24-,25+,26+/m0/s1. The van der Waals surface area contributed by atoms with Gasteiger partial charge in [0.2, 0.25) is 8.32 Å². The molecule has 2 fully saturated rings. The fourth-order valence-corrected chi connectivity index (χ4v) is 13.6. The van der Waals surface area contributed by atoms with E-state index in [1.807, 2.05) is 0 Å². The summed E-state index contributed by atoms with van der Waals surface area (Å²) in [6, 6.07) is 1.16. The van der Waals surface area contributed by atoms with E-state index in [9.17, 15) is 10.2 Å². The molecule has 2 N–H and O–H groups in total. The van der Waals surface area contributed by atoms with Gasteiger partial charge in [0.05, 0.1) is 12.7 Å². The van der Waals surface area contributed by atoms with Crippen molar-refractivity contribution in [2.24, 2.45) is 17.3 Å². The summed E-state index contributed by atoms with van der Waals surface area (Å²) in [6.45, 7) is 22.9. The Morgan fingerprint density at radius 2 is 1.53 bits per heavy atom. The molecule has 32 heavy (non-hydrogen) atoms. The average Bonchev–Trinajstić information content (AvgIpc) is 2.68. The zero-order valence-electron chi connectivity index (χ0n) is 22.6. The molecule has 6 heteroatoms. The van der Waals surface area contributed by atoms with Gasteiger partial charge in [0.15, 0.2) is 0 Å². The number of hydrogen-bond donors (Lipinski definition) is 2. The van der Waals surface area contributed by atoms with Gasteiger partial charge in [0, 0.05) is 38.7 Å². The lowest BCUT2D eigenvalue weighted by Crippen LogP contribution is -2.57. The zero-order chi connectivity index (χ0) is 24.3. The van der Waals surface area contributed by atoms with Gasteiger partial charge in [-0.2, -0.15) is 0 Å². The quantitative estimate of drug-likeness (QED) is 0.260. The van der Waals surface area contributed by atoms with E-state index in [0.29, 0.717) is 35.3 Å². The van der Waals surface area contributed by atoms with Crippen LogP contribution in [0.3, 0.4) is 0 Å². The van der Waals surface area contributed by atoms with Crippen LogP contribution in [0.5, 0.6) is 0 Å². The number of rotatable bonds is 11. The molecule has 0 heterocycles. The van der Waals surface area contributed by atoms with Gasteiger partial charge in [-0.3, -0.25) is 0 Å². The Morgan fingerprint density at radius 3 is 2.03 bits per heavy atom. The molecule has 0 radical (unpaired) electrons. The van der Waals surface area contributed by atoms with Crippen LogP contribution in [0.15, 0.2) is 0 Å². The molecule has 0 amide bonds. The third kappa shape index (κ3) is 6.09. The molecule has 0 aromatic heterocycles. The number of fused-ring (bicyclic) bond motifs is 1. The second-order valence-corrected chi connectivity index (χ2v) is 24.1. The van der Waals surface area contributed by atoms with E-state index in [-0.39, 0.29) is 17.9 Å². The molecular weight excluding hydrogens is 432 g/mol. The number of ether oxygens (including phenoxy) is 1. The molecule has 0 spiro atoms. The lowest BCUT2D eigenvalue weighted by molar-refractivity contribution is -0.154. The maximum absolute atomic E-state index is 10.8. The molecule has 0 aromatic rings. The van der Waals surface area contributed by atoms with Crippen molar-refractivity contribution in [3.05, 3.63) is 0 Å². The largest absolute Gasteiger partial charge is 0.413 e. The predicted octanol–water partition coefficient (Wildman–Crippen LogP) is 6.45. The van der Waals surface area contributed by atoms with Gasteiger partial charge in [-0.15, -0.1) is 0 Å². The normalized spacial score (nSPS) is 32.1. The minimum atomic E-state index is -1.91. The third-order valence-electron chi connectivity index (χ3n) is 8.95. The highest BCUT2D eigenvalue weighted by Gasteiger charge is 2.55. The molecule has 5 atom stereocenters. The van der Waals surface area contributed by atoms with Crippen LogP contribution in [-0.2, 0) is 9.16 Å². The van der Waals surface area contributed by atoms with E-state index >= 15 is 0 Å². The minimum Gasteiger partial charge on any atom is -0.413 e. The molecule has 0 aliphatic heterocycles. The van der Waals surface area contributed by atoms with E-state index in [1.54, 1.807) is 0 Å². The SMILES string of the molecule is CC(C)[Si](O[C@H]1CC[C@@]2(COCC[Si](C)(C)C)[C@@H](CC[C@@H](O)[C@@H]2CO)C1)(C(C)C)C(C)C. The van der Waals surface area contributed by atoms with E-state index in [4.69, 9.17) is 9.16 Å². The summed E-state index contributed by atoms with van der Waals surface area (Å²) in [7, 11) is -3.05. The fourth-order valence-electron chi connectivity index (χ4n) is 7.20. The molecule has 0 aromatic carbocycles. The summed E-state index contributed by atoms with van der Waals surface area (Å²) >= 11 is 0. The first kappa shape index (κ1) is 28.5. The number of aliphatic hydroxyl groups is 2. The lowest BCUT2D eigenvalue weighted by atomic mass is 9.53. The van der Waals surface area contributed by atoms with E-state index in [2.05, 4.69) is 61.2 Å². The van der Waals surface area contributed by atoms with Crippen LogP contribution >= 0.6 is 0 Å². The van der Waals surface area contributed by atoms with Gasteiger partial charge in [-0.25, -0.2) is 0 Å². The van der Waals surface area contributed by atoms with E-state index in [0.717, 1.165) is 44.8 Å². The molecule has 2 aliphatic rings. The van der Waals surface area contributed by atoms with Crippen molar-refractivity contribution in [2.45, 2.75) is 128 Å². The van der Waals surface area contributed by atoms with Gasteiger partial charge >= 0.3 is 0 Å². The molecule has 0 bridgehead atoms. The molecule has 0 unspecified atom stereocenters. The first-order valence-corrected chi connectivity index (χ1v) is 19.2. The summed E-state index contributed by atoms with van der Waals surface area (Å²) < 4.78 is 13.5. The Labute approximate surface area is 201 Å². The van der Waals surface area contributed by atoms with Crippen LogP contribution in [0.25, 0.3) is 0 Å². The Balaban J connectivity index is 2.20. The monoisotopic (exact) mass is 486 g/mol. The molecule has 2 aliphatic carbocycles. The highest BCUT2D eigenvalue weighted by atomic mass is 28.4. The van der Waals surface area contributed by atoms with Gasteiger partial charge < -0.3 is 19.4 Å². The third-order valence-corrected chi connectivity index (χ3v) is 16.8. The Morgan fingerprint density at radius 1 is 0.938 bits per heavy atom. The molecule has 2 saturated carbocycles. The summed E-state index contributed by atoms with van der Waals surface area (Å²) in [5.74, 6) is 0.392. The topological polar surface area (TPSA) is 58.9 Å². The van der Waals surface area contributed by atoms with Gasteiger partial charge in [-0.05, 0) is 60.7 Å². The maximum atomic E-state index is 10.8. The van der Waals surface area contributed by atoms with Gasteiger partial charge in [0.25, 0.3) is 0 Å². The molecular formula is C26H54O4Si2. The maximum Gasteiger partial charge on any atom is 0.200 e. The summed E-state index contributed by atoms with van der Waals surface area (Å²) in [5.41, 5.74) is 1.68. The van der Waals surface area contributed by atoms with Crippen molar-refractivity contribution >= 4 is 16.4 Å². The smallest absolute Gasteiger partial charge is 0.200 e. The lowest BCUT2D eigenvalue weighted by Gasteiger charge is -2.56. The van der Waals surface area contributed by atoms with Crippen LogP contribution < -0.4 is 0 Å². The first-order chi connectivity index (χ1) is 14.8. The fraction of sp³-hybridized carbons (Fsp3) is 1.00. The average molecular weight is 487 g/mol. The van der Waals surface area contributed by atoms with Crippen molar-refractivity contribution in [1.82, 2.24) is 0 Å². The first-order valence-electron chi connectivity index (χ1n) is 13.3. The second-order valence-electron chi connectivity index (χ2n) is 13.1. The van der Waals surface area contributed by atoms with Crippen LogP contribution in [0.1, 0.15) is 73.6 Å². The van der Waals surface area contributed by atoms with Crippen molar-refractivity contribution in [2.75, 3.05) is 19.8 Å². The Hall–Kier alpha value is 0.274. The number of aliphatic hydroxyl groups excluding tert-OH is 2. The van der Waals surface area contributed by atoms with Crippen LogP contribution in [-0.4, -0.2) is 58.6 Å². The molecule has 4 nitrogen and oxygen atoms in total. The van der Waals surface area contributed by atoms with Gasteiger partial charge in [-0.1, -0.05) is 61.2 Å². The van der Waals surface area contributed by atoms with E-state index < -0.39 is 22.5 Å². The highest BCUT2D eigenvalue weighted by molar-refractivity contribution is 6.77. The summed E-state index contributed by atoms with van der Waals surface area (Å²) in [5, 5.41) is 21.1. The van der Waals surface area contributed by atoms with E-state index in [1.165, 1.54) is 0 Å². The number of hydrogen-bond acceptors (Lipinski definition) is 4. The van der Waals surface area contributed by atoms with Gasteiger partial charge in [0.1, 0.15) is 0 Å². The summed E-state index contributed by atoms with van der Waals surface area (Å²) in [4.78, 5) is 0. The second kappa shape index (κ2) is 11.3. The summed E-state index contributed by atoms with van der Waals surface area (Å²) in [6.07, 6.45) is 4.79. The Kier molecular flexibility index (Phi) is 10.1. The Bertz CT molecular complexity index is 553. The predicted molar refractivity (Wildman–Crippen MR) is 140 cm³/mol. The van der Waals surface area contributed by atoms with Crippen molar-refractivity contribution in [1.29, 1.82) is 0 Å².